The van der Waals surface area contributed by atoms with Gasteiger partial charge in [-0.25, -0.2) is 9.37 Å². The largest absolute Gasteiger partial charge is 0.493 e. The Hall–Kier alpha value is -4.51. The van der Waals surface area contributed by atoms with Crippen LogP contribution < -0.4 is 15.0 Å². The van der Waals surface area contributed by atoms with Crippen molar-refractivity contribution in [2.75, 3.05) is 7.11 Å². The molecule has 0 aliphatic heterocycles. The zero-order valence-electron chi connectivity index (χ0n) is 21.3. The molecule has 0 unspecified atom stereocenters. The van der Waals surface area contributed by atoms with Crippen LogP contribution in [0.1, 0.15) is 16.7 Å². The second kappa shape index (κ2) is 11.5. The molecule has 6 nitrogen and oxygen atoms in total. The molecule has 0 aliphatic rings. The third kappa shape index (κ3) is 6.14. The summed E-state index contributed by atoms with van der Waals surface area (Å²) in [7, 11) is 1.45. The summed E-state index contributed by atoms with van der Waals surface area (Å²) in [5.41, 5.74) is 0.0628. The lowest BCUT2D eigenvalue weighted by atomic mass is 10.1. The minimum absolute atomic E-state index is 0.0582. The Morgan fingerprint density at radius 3 is 2.54 bits per heavy atom. The molecule has 0 amide bonds. The molecule has 0 spiro atoms. The standard InChI is InChI=1S/C30H20BrF4N3O3/c1-40-26-14-19(13-24(31)27(26)41-17-18-6-4-9-22(32)12-18)16-36-38-28(20-7-5-8-21(15-20)30(33,34)35)37-25-11-3-2-10-23(25)29(38)39/h2-16H,17H2,1H3. The molecule has 0 fully saturated rings. The minimum Gasteiger partial charge on any atom is -0.493 e. The number of alkyl halides is 3. The van der Waals surface area contributed by atoms with Crippen molar-refractivity contribution in [1.29, 1.82) is 0 Å². The molecular formula is C30H20BrF4N3O3. The number of nitrogens with zero attached hydrogens (tertiary/aromatic N) is 3. The summed E-state index contributed by atoms with van der Waals surface area (Å²) in [6, 6.07) is 20.3. The van der Waals surface area contributed by atoms with E-state index in [9.17, 15) is 22.4 Å². The molecular weight excluding hydrogens is 606 g/mol. The van der Waals surface area contributed by atoms with Crippen LogP contribution in [0.15, 0.2) is 99.3 Å². The van der Waals surface area contributed by atoms with Crippen molar-refractivity contribution in [3.05, 3.63) is 122 Å². The first-order valence-electron chi connectivity index (χ1n) is 12.1. The van der Waals surface area contributed by atoms with Crippen LogP contribution >= 0.6 is 15.9 Å². The third-order valence-corrected chi connectivity index (χ3v) is 6.64. The average molecular weight is 626 g/mol. The Morgan fingerprint density at radius 2 is 1.78 bits per heavy atom. The number of halogens is 5. The van der Waals surface area contributed by atoms with Crippen molar-refractivity contribution in [1.82, 2.24) is 9.66 Å². The van der Waals surface area contributed by atoms with Crippen molar-refractivity contribution in [2.45, 2.75) is 12.8 Å². The molecule has 5 rings (SSSR count). The van der Waals surface area contributed by atoms with Crippen molar-refractivity contribution >= 4 is 33.0 Å². The second-order valence-corrected chi connectivity index (χ2v) is 9.70. The Bertz CT molecular complexity index is 1840. The first kappa shape index (κ1) is 28.0. The van der Waals surface area contributed by atoms with E-state index in [-0.39, 0.29) is 29.2 Å². The summed E-state index contributed by atoms with van der Waals surface area (Å²) >= 11 is 3.45. The van der Waals surface area contributed by atoms with E-state index in [1.165, 1.54) is 37.6 Å². The third-order valence-electron chi connectivity index (χ3n) is 6.05. The molecule has 0 N–H and O–H groups in total. The molecule has 11 heteroatoms. The summed E-state index contributed by atoms with van der Waals surface area (Å²) in [5, 5.41) is 4.57. The fourth-order valence-corrected chi connectivity index (χ4v) is 4.69. The van der Waals surface area contributed by atoms with Crippen molar-refractivity contribution in [2.24, 2.45) is 5.10 Å². The summed E-state index contributed by atoms with van der Waals surface area (Å²) in [6.07, 6.45) is -3.22. The Labute approximate surface area is 239 Å². The highest BCUT2D eigenvalue weighted by atomic mass is 79.9. The number of fused-ring (bicyclic) bond motifs is 1. The highest BCUT2D eigenvalue weighted by molar-refractivity contribution is 9.10. The lowest BCUT2D eigenvalue weighted by Crippen LogP contribution is -2.20. The SMILES string of the molecule is COc1cc(C=Nn2c(-c3cccc(C(F)(F)F)c3)nc3ccccc3c2=O)cc(Br)c1OCc1cccc(F)c1. The van der Waals surface area contributed by atoms with Crippen molar-refractivity contribution in [3.63, 3.8) is 0 Å². The molecule has 208 valence electrons. The van der Waals surface area contributed by atoms with Crippen molar-refractivity contribution in [3.8, 4) is 22.9 Å². The zero-order chi connectivity index (χ0) is 29.1. The van der Waals surface area contributed by atoms with Gasteiger partial charge in [0.1, 0.15) is 12.4 Å². The van der Waals surface area contributed by atoms with Gasteiger partial charge in [0, 0.05) is 5.56 Å². The first-order chi connectivity index (χ1) is 19.6. The lowest BCUT2D eigenvalue weighted by molar-refractivity contribution is -0.137. The number of para-hydroxylation sites is 1. The van der Waals surface area contributed by atoms with Gasteiger partial charge in [-0.2, -0.15) is 22.9 Å². The molecule has 0 saturated heterocycles. The Kier molecular flexibility index (Phi) is 7.89. The van der Waals surface area contributed by atoms with E-state index >= 15 is 0 Å². The van der Waals surface area contributed by atoms with Crippen LogP contribution in [0.3, 0.4) is 0 Å². The van der Waals surface area contributed by atoms with E-state index in [1.54, 1.807) is 48.5 Å². The highest BCUT2D eigenvalue weighted by Crippen LogP contribution is 2.37. The average Bonchev–Trinajstić information content (AvgIpc) is 2.95. The smallest absolute Gasteiger partial charge is 0.416 e. The van der Waals surface area contributed by atoms with Gasteiger partial charge >= 0.3 is 6.18 Å². The molecule has 0 saturated carbocycles. The van der Waals surface area contributed by atoms with Crippen LogP contribution in [-0.4, -0.2) is 23.0 Å². The van der Waals surface area contributed by atoms with E-state index in [0.717, 1.165) is 16.8 Å². The number of hydrogen-bond acceptors (Lipinski definition) is 5. The normalized spacial score (nSPS) is 11.8. The minimum atomic E-state index is -4.58. The summed E-state index contributed by atoms with van der Waals surface area (Å²) in [6.45, 7) is 0.0820. The van der Waals surface area contributed by atoms with E-state index < -0.39 is 17.3 Å². The fraction of sp³-hybridized carbons (Fsp3) is 0.100. The van der Waals surface area contributed by atoms with Gasteiger partial charge in [0.25, 0.3) is 5.56 Å². The van der Waals surface area contributed by atoms with Gasteiger partial charge in [-0.3, -0.25) is 4.79 Å². The van der Waals surface area contributed by atoms with Crippen LogP contribution in [-0.2, 0) is 12.8 Å². The molecule has 0 atom stereocenters. The van der Waals surface area contributed by atoms with Gasteiger partial charge < -0.3 is 9.47 Å². The van der Waals surface area contributed by atoms with Gasteiger partial charge in [-0.05, 0) is 75.6 Å². The summed E-state index contributed by atoms with van der Waals surface area (Å²) < 4.78 is 66.6. The molecule has 0 bridgehead atoms. The Balaban J connectivity index is 1.55. The van der Waals surface area contributed by atoms with Gasteiger partial charge in [0.15, 0.2) is 17.3 Å². The van der Waals surface area contributed by atoms with E-state index in [1.807, 2.05) is 0 Å². The monoisotopic (exact) mass is 625 g/mol. The Morgan fingerprint density at radius 1 is 1.00 bits per heavy atom. The van der Waals surface area contributed by atoms with Crippen LogP contribution in [0.4, 0.5) is 17.6 Å². The summed E-state index contributed by atoms with van der Waals surface area (Å²) in [4.78, 5) is 17.9. The summed E-state index contributed by atoms with van der Waals surface area (Å²) in [5.74, 6) is 0.256. The quantitative estimate of drug-likeness (QED) is 0.139. The van der Waals surface area contributed by atoms with E-state index in [4.69, 9.17) is 9.47 Å². The van der Waals surface area contributed by atoms with Gasteiger partial charge in [0.05, 0.1) is 34.3 Å². The van der Waals surface area contributed by atoms with E-state index in [0.29, 0.717) is 32.6 Å². The molecule has 4 aromatic carbocycles. The molecule has 0 radical (unpaired) electrons. The van der Waals surface area contributed by atoms with Crippen LogP contribution in [0, 0.1) is 5.82 Å². The molecule has 41 heavy (non-hydrogen) atoms. The lowest BCUT2D eigenvalue weighted by Gasteiger charge is -2.14. The number of ether oxygens (including phenoxy) is 2. The number of aromatic nitrogens is 2. The van der Waals surface area contributed by atoms with Gasteiger partial charge in [-0.15, -0.1) is 0 Å². The topological polar surface area (TPSA) is 65.7 Å². The first-order valence-corrected chi connectivity index (χ1v) is 12.9. The number of benzene rings is 4. The zero-order valence-corrected chi connectivity index (χ0v) is 22.9. The van der Waals surface area contributed by atoms with Crippen LogP contribution in [0.25, 0.3) is 22.3 Å². The van der Waals surface area contributed by atoms with Crippen molar-refractivity contribution < 1.29 is 27.0 Å². The van der Waals surface area contributed by atoms with Gasteiger partial charge in [-0.1, -0.05) is 36.4 Å². The number of methoxy groups -OCH3 is 1. The number of rotatable bonds is 7. The molecule has 1 aromatic heterocycles. The van der Waals surface area contributed by atoms with Crippen LogP contribution in [0.2, 0.25) is 0 Å². The van der Waals surface area contributed by atoms with E-state index in [2.05, 4.69) is 26.0 Å². The molecule has 1 heterocycles. The predicted molar refractivity (Wildman–Crippen MR) is 151 cm³/mol. The predicted octanol–water partition coefficient (Wildman–Crippen LogP) is 7.45. The maximum absolute atomic E-state index is 13.5. The maximum Gasteiger partial charge on any atom is 0.416 e. The molecule has 0 aliphatic carbocycles. The second-order valence-electron chi connectivity index (χ2n) is 8.85. The molecule has 5 aromatic rings. The van der Waals surface area contributed by atoms with Gasteiger partial charge in [0.2, 0.25) is 0 Å². The highest BCUT2D eigenvalue weighted by Gasteiger charge is 2.31. The van der Waals surface area contributed by atoms with Crippen LogP contribution in [0.5, 0.6) is 11.5 Å². The number of hydrogen-bond donors (Lipinski definition) is 0. The fourth-order valence-electron chi connectivity index (χ4n) is 4.11. The maximum atomic E-state index is 13.5.